The monoisotopic (exact) mass is 386 g/mol. The minimum Gasteiger partial charge on any atom is -0.384 e. The van der Waals surface area contributed by atoms with Gasteiger partial charge in [0.1, 0.15) is 6.10 Å². The molecule has 0 saturated carbocycles. The van der Waals surface area contributed by atoms with Crippen molar-refractivity contribution in [3.8, 4) is 0 Å². The maximum Gasteiger partial charge on any atom is 0.150 e. The highest BCUT2D eigenvalue weighted by molar-refractivity contribution is 9.10. The van der Waals surface area contributed by atoms with Crippen LogP contribution >= 0.6 is 15.9 Å². The normalized spacial score (nSPS) is 19.5. The first-order chi connectivity index (χ1) is 11.7. The lowest BCUT2D eigenvalue weighted by molar-refractivity contribution is -0.0366. The fourth-order valence-electron chi connectivity index (χ4n) is 3.23. The van der Waals surface area contributed by atoms with Crippen LogP contribution in [0.5, 0.6) is 0 Å². The van der Waals surface area contributed by atoms with Crippen molar-refractivity contribution in [3.05, 3.63) is 64.3 Å². The van der Waals surface area contributed by atoms with E-state index in [2.05, 4.69) is 21.0 Å². The van der Waals surface area contributed by atoms with Crippen LogP contribution in [-0.4, -0.2) is 21.5 Å². The molecular formula is C19H19BrN2O2. The number of rotatable bonds is 3. The Morgan fingerprint density at radius 3 is 2.67 bits per heavy atom. The number of aliphatic hydroxyl groups is 1. The Morgan fingerprint density at radius 1 is 1.12 bits per heavy atom. The number of hydrogen-bond acceptors (Lipinski definition) is 3. The molecule has 1 aliphatic rings. The van der Waals surface area contributed by atoms with E-state index in [-0.39, 0.29) is 6.23 Å². The van der Waals surface area contributed by atoms with Gasteiger partial charge in [-0.1, -0.05) is 34.1 Å². The second-order valence-corrected chi connectivity index (χ2v) is 7.10. The summed E-state index contributed by atoms with van der Waals surface area (Å²) in [5, 5.41) is 16.2. The lowest BCUT2D eigenvalue weighted by atomic mass is 10.0. The quantitative estimate of drug-likeness (QED) is 0.716. The van der Waals surface area contributed by atoms with Crippen molar-refractivity contribution in [2.45, 2.75) is 31.6 Å². The number of nitrogens with zero attached hydrogens (tertiary/aromatic N) is 2. The molecule has 0 radical (unpaired) electrons. The predicted molar refractivity (Wildman–Crippen MR) is 96.8 cm³/mol. The predicted octanol–water partition coefficient (Wildman–Crippen LogP) is 4.58. The molecule has 2 aromatic carbocycles. The van der Waals surface area contributed by atoms with Gasteiger partial charge in [-0.05, 0) is 54.7 Å². The van der Waals surface area contributed by atoms with Crippen molar-refractivity contribution in [1.82, 2.24) is 9.78 Å². The molecule has 3 aromatic rings. The molecule has 0 spiro atoms. The molecule has 24 heavy (non-hydrogen) atoms. The van der Waals surface area contributed by atoms with Crippen LogP contribution in [0.1, 0.15) is 42.7 Å². The number of halogens is 1. The molecule has 2 unspecified atom stereocenters. The summed E-state index contributed by atoms with van der Waals surface area (Å²) in [7, 11) is 0. The Bertz CT molecular complexity index is 838. The van der Waals surface area contributed by atoms with Crippen LogP contribution < -0.4 is 0 Å². The van der Waals surface area contributed by atoms with Gasteiger partial charge in [0, 0.05) is 16.5 Å². The van der Waals surface area contributed by atoms with Crippen molar-refractivity contribution < 1.29 is 9.84 Å². The van der Waals surface area contributed by atoms with Crippen molar-refractivity contribution in [2.75, 3.05) is 6.61 Å². The van der Waals surface area contributed by atoms with Gasteiger partial charge in [0.2, 0.25) is 0 Å². The Balaban J connectivity index is 1.65. The van der Waals surface area contributed by atoms with Gasteiger partial charge in [-0.3, -0.25) is 0 Å². The lowest BCUT2D eigenvalue weighted by Crippen LogP contribution is -2.18. The molecule has 0 amide bonds. The molecule has 0 bridgehead atoms. The molecular weight excluding hydrogens is 368 g/mol. The number of benzene rings is 2. The Labute approximate surface area is 149 Å². The number of fused-ring (bicyclic) bond motifs is 1. The third-order valence-electron chi connectivity index (χ3n) is 4.55. The number of aromatic nitrogens is 2. The summed E-state index contributed by atoms with van der Waals surface area (Å²) < 4.78 is 8.80. The summed E-state index contributed by atoms with van der Waals surface area (Å²) in [6.45, 7) is 0.798. The number of aliphatic hydroxyl groups excluding tert-OH is 1. The van der Waals surface area contributed by atoms with E-state index in [4.69, 9.17) is 4.74 Å². The molecule has 2 heterocycles. The van der Waals surface area contributed by atoms with Crippen LogP contribution in [0.25, 0.3) is 10.9 Å². The maximum absolute atomic E-state index is 10.6. The van der Waals surface area contributed by atoms with E-state index in [1.165, 1.54) is 6.42 Å². The van der Waals surface area contributed by atoms with Crippen LogP contribution in [0, 0.1) is 0 Å². The van der Waals surface area contributed by atoms with Gasteiger partial charge < -0.3 is 9.84 Å². The molecule has 5 heteroatoms. The second kappa shape index (κ2) is 6.67. The standard InChI is InChI=1S/C19H19BrN2O2/c20-16-7-4-13(5-8-16)19(23)14-6-9-17-15(11-14)12-21-22(17)18-3-1-2-10-24-18/h4-9,11-12,18-19,23H,1-3,10H2. The summed E-state index contributed by atoms with van der Waals surface area (Å²) in [4.78, 5) is 0. The van der Waals surface area contributed by atoms with Gasteiger partial charge >= 0.3 is 0 Å². The summed E-state index contributed by atoms with van der Waals surface area (Å²) >= 11 is 3.42. The zero-order valence-electron chi connectivity index (χ0n) is 13.2. The molecule has 1 fully saturated rings. The topological polar surface area (TPSA) is 47.3 Å². The van der Waals surface area contributed by atoms with Crippen LogP contribution in [0.15, 0.2) is 53.1 Å². The third kappa shape index (κ3) is 2.99. The summed E-state index contributed by atoms with van der Waals surface area (Å²) in [6.07, 6.45) is 4.53. The van der Waals surface area contributed by atoms with Crippen molar-refractivity contribution in [2.24, 2.45) is 0 Å². The minimum absolute atomic E-state index is 0.0264. The summed E-state index contributed by atoms with van der Waals surface area (Å²) in [6, 6.07) is 13.7. The molecule has 4 rings (SSSR count). The van der Waals surface area contributed by atoms with E-state index in [0.29, 0.717) is 0 Å². The summed E-state index contributed by atoms with van der Waals surface area (Å²) in [5.41, 5.74) is 2.79. The first-order valence-corrected chi connectivity index (χ1v) is 9.04. The molecule has 1 aromatic heterocycles. The average Bonchev–Trinajstić information content (AvgIpc) is 3.05. The number of hydrogen-bond donors (Lipinski definition) is 1. The highest BCUT2D eigenvalue weighted by Crippen LogP contribution is 2.29. The van der Waals surface area contributed by atoms with E-state index in [0.717, 1.165) is 46.0 Å². The molecule has 1 aliphatic heterocycles. The van der Waals surface area contributed by atoms with Crippen molar-refractivity contribution in [3.63, 3.8) is 0 Å². The first-order valence-electron chi connectivity index (χ1n) is 8.25. The molecule has 4 nitrogen and oxygen atoms in total. The summed E-state index contributed by atoms with van der Waals surface area (Å²) in [5.74, 6) is 0. The zero-order chi connectivity index (χ0) is 16.5. The highest BCUT2D eigenvalue weighted by atomic mass is 79.9. The molecule has 0 aliphatic carbocycles. The fraction of sp³-hybridized carbons (Fsp3) is 0.316. The third-order valence-corrected chi connectivity index (χ3v) is 5.08. The average molecular weight is 387 g/mol. The van der Waals surface area contributed by atoms with E-state index >= 15 is 0 Å². The van der Waals surface area contributed by atoms with Gasteiger partial charge in [0.05, 0.1) is 11.7 Å². The minimum atomic E-state index is -0.642. The van der Waals surface area contributed by atoms with E-state index < -0.39 is 6.10 Å². The van der Waals surface area contributed by atoms with Crippen molar-refractivity contribution in [1.29, 1.82) is 0 Å². The Kier molecular flexibility index (Phi) is 4.39. The van der Waals surface area contributed by atoms with E-state index in [1.807, 2.05) is 53.3 Å². The van der Waals surface area contributed by atoms with Gasteiger partial charge in [-0.2, -0.15) is 5.10 Å². The van der Waals surface area contributed by atoms with E-state index in [9.17, 15) is 5.11 Å². The molecule has 2 atom stereocenters. The lowest BCUT2D eigenvalue weighted by Gasteiger charge is -2.23. The highest BCUT2D eigenvalue weighted by Gasteiger charge is 2.19. The fourth-order valence-corrected chi connectivity index (χ4v) is 3.49. The smallest absolute Gasteiger partial charge is 0.150 e. The first kappa shape index (κ1) is 15.8. The second-order valence-electron chi connectivity index (χ2n) is 6.18. The Hall–Kier alpha value is -1.69. The molecule has 1 saturated heterocycles. The Morgan fingerprint density at radius 2 is 1.92 bits per heavy atom. The van der Waals surface area contributed by atoms with Gasteiger partial charge in [0.15, 0.2) is 6.23 Å². The number of ether oxygens (including phenoxy) is 1. The maximum atomic E-state index is 10.6. The van der Waals surface area contributed by atoms with Crippen LogP contribution in [0.4, 0.5) is 0 Å². The van der Waals surface area contributed by atoms with E-state index in [1.54, 1.807) is 0 Å². The largest absolute Gasteiger partial charge is 0.384 e. The van der Waals surface area contributed by atoms with Crippen LogP contribution in [0.2, 0.25) is 0 Å². The van der Waals surface area contributed by atoms with Crippen LogP contribution in [-0.2, 0) is 4.74 Å². The SMILES string of the molecule is OC(c1ccc(Br)cc1)c1ccc2c(cnn2C2CCCCO2)c1. The van der Waals surface area contributed by atoms with Gasteiger partial charge in [0.25, 0.3) is 0 Å². The van der Waals surface area contributed by atoms with Gasteiger partial charge in [-0.15, -0.1) is 0 Å². The van der Waals surface area contributed by atoms with Gasteiger partial charge in [-0.25, -0.2) is 4.68 Å². The zero-order valence-corrected chi connectivity index (χ0v) is 14.8. The van der Waals surface area contributed by atoms with Crippen LogP contribution in [0.3, 0.4) is 0 Å². The molecule has 124 valence electrons. The molecule has 1 N–H and O–H groups in total. The van der Waals surface area contributed by atoms with Crippen molar-refractivity contribution >= 4 is 26.8 Å².